The first-order valence-corrected chi connectivity index (χ1v) is 17.5. The average molecular weight is 668 g/mol. The van der Waals surface area contributed by atoms with Gasteiger partial charge in [-0.1, -0.05) is 72.8 Å². The molecule has 2 aromatic carbocycles. The molecule has 4 atom stereocenters. The summed E-state index contributed by atoms with van der Waals surface area (Å²) in [4.78, 5) is 20.5. The third-order valence-corrected chi connectivity index (χ3v) is 9.21. The number of rotatable bonds is 12. The molecule has 0 spiro atoms. The Balaban J connectivity index is 0.00000282. The molecular formula is C36H47ClFN5O2S. The van der Waals surface area contributed by atoms with Gasteiger partial charge in [-0.2, -0.15) is 0 Å². The summed E-state index contributed by atoms with van der Waals surface area (Å²) >= 11 is 6.14. The highest BCUT2D eigenvalue weighted by Crippen LogP contribution is 2.25. The Morgan fingerprint density at radius 1 is 1.07 bits per heavy atom. The third kappa shape index (κ3) is 11.5. The Hall–Kier alpha value is -3.26. The second-order valence-electron chi connectivity index (χ2n) is 11.6. The number of benzene rings is 2. The molecule has 0 aromatic heterocycles. The molecule has 0 bridgehead atoms. The van der Waals surface area contributed by atoms with Crippen LogP contribution in [0.2, 0.25) is 5.02 Å². The molecule has 7 nitrogen and oxygen atoms in total. The van der Waals surface area contributed by atoms with Crippen LogP contribution in [0.15, 0.2) is 85.1 Å². The van der Waals surface area contributed by atoms with Crippen LogP contribution in [-0.4, -0.2) is 89.5 Å². The maximum atomic E-state index is 14.8. The molecule has 1 saturated heterocycles. The van der Waals surface area contributed by atoms with Gasteiger partial charge in [-0.3, -0.25) is 9.69 Å². The first kappa shape index (κ1) is 37.2. The van der Waals surface area contributed by atoms with Crippen LogP contribution in [0, 0.1) is 18.7 Å². The van der Waals surface area contributed by atoms with Crippen LogP contribution in [0.5, 0.6) is 0 Å². The predicted molar refractivity (Wildman–Crippen MR) is 189 cm³/mol. The molecule has 1 amide bonds. The molecule has 2 heterocycles. The molecule has 2 N–H and O–H groups in total. The van der Waals surface area contributed by atoms with Crippen LogP contribution >= 0.6 is 11.6 Å². The molecule has 4 rings (SSSR count). The van der Waals surface area contributed by atoms with Gasteiger partial charge in [-0.25, -0.2) is 13.3 Å². The van der Waals surface area contributed by atoms with Crippen molar-refractivity contribution in [3.05, 3.63) is 107 Å². The maximum Gasteiger partial charge on any atom is 0.245 e. The SMILES string of the molecule is C#C.C=C(CC1C/C=C\C=C/CCN1C)NC(Cc1ccc(Cl)cc1)C(=O)N1CCN(C(CNS(C)=O)c2ccccc2F)CC1. The number of hydrogen-bond acceptors (Lipinski definition) is 5. The van der Waals surface area contributed by atoms with Gasteiger partial charge in [0.2, 0.25) is 5.91 Å². The summed E-state index contributed by atoms with van der Waals surface area (Å²) < 4.78 is 29.6. The minimum Gasteiger partial charge on any atom is -0.377 e. The van der Waals surface area contributed by atoms with Crippen molar-refractivity contribution in [2.45, 2.75) is 43.8 Å². The summed E-state index contributed by atoms with van der Waals surface area (Å²) in [6, 6.07) is 13.8. The Bertz CT molecular complexity index is 1370. The Morgan fingerprint density at radius 2 is 1.74 bits per heavy atom. The van der Waals surface area contributed by atoms with Crippen molar-refractivity contribution in [3.63, 3.8) is 0 Å². The van der Waals surface area contributed by atoms with Gasteiger partial charge in [0, 0.05) is 80.7 Å². The van der Waals surface area contributed by atoms with Crippen molar-refractivity contribution in [2.75, 3.05) is 52.6 Å². The lowest BCUT2D eigenvalue weighted by Crippen LogP contribution is -2.55. The fourth-order valence-corrected chi connectivity index (χ4v) is 6.39. The van der Waals surface area contributed by atoms with Gasteiger partial charge in [-0.05, 0) is 43.7 Å². The molecule has 248 valence electrons. The second kappa shape index (κ2) is 19.4. The van der Waals surface area contributed by atoms with Crippen LogP contribution in [0.4, 0.5) is 4.39 Å². The molecule has 4 unspecified atom stereocenters. The number of nitrogens with one attached hydrogen (secondary N) is 2. The van der Waals surface area contributed by atoms with E-state index in [1.165, 1.54) is 6.07 Å². The molecule has 1 fully saturated rings. The van der Waals surface area contributed by atoms with E-state index in [-0.39, 0.29) is 23.8 Å². The van der Waals surface area contributed by atoms with E-state index in [0.29, 0.717) is 49.7 Å². The van der Waals surface area contributed by atoms with E-state index in [0.717, 1.165) is 37.1 Å². The number of allylic oxidation sites excluding steroid dienone is 2. The summed E-state index contributed by atoms with van der Waals surface area (Å²) in [5.41, 5.74) is 2.41. The molecule has 2 aliphatic heterocycles. The molecule has 10 heteroatoms. The van der Waals surface area contributed by atoms with Crippen LogP contribution in [0.25, 0.3) is 0 Å². The van der Waals surface area contributed by atoms with E-state index < -0.39 is 17.0 Å². The van der Waals surface area contributed by atoms with Crippen LogP contribution in [0.3, 0.4) is 0 Å². The highest BCUT2D eigenvalue weighted by molar-refractivity contribution is 7.82. The summed E-state index contributed by atoms with van der Waals surface area (Å²) in [5, 5.41) is 4.16. The molecular weight excluding hydrogens is 621 g/mol. The minimum absolute atomic E-state index is 0.0166. The van der Waals surface area contributed by atoms with E-state index in [9.17, 15) is 13.4 Å². The average Bonchev–Trinajstić information content (AvgIpc) is 3.15. The first-order chi connectivity index (χ1) is 22.2. The van der Waals surface area contributed by atoms with E-state index in [1.807, 2.05) is 35.2 Å². The molecule has 0 aliphatic carbocycles. The highest BCUT2D eigenvalue weighted by atomic mass is 35.5. The Kier molecular flexibility index (Phi) is 15.7. The number of carbonyl (C=O) groups is 1. The lowest BCUT2D eigenvalue weighted by Gasteiger charge is -2.41. The van der Waals surface area contributed by atoms with E-state index in [1.54, 1.807) is 18.4 Å². The summed E-state index contributed by atoms with van der Waals surface area (Å²) in [7, 11) is 0.917. The second-order valence-corrected chi connectivity index (χ2v) is 13.2. The summed E-state index contributed by atoms with van der Waals surface area (Å²) in [5.74, 6) is -0.273. The van der Waals surface area contributed by atoms with Crippen molar-refractivity contribution in [2.24, 2.45) is 0 Å². The monoisotopic (exact) mass is 667 g/mol. The molecule has 2 aromatic rings. The van der Waals surface area contributed by atoms with Crippen molar-refractivity contribution in [1.29, 1.82) is 0 Å². The van der Waals surface area contributed by atoms with Crippen LogP contribution in [-0.2, 0) is 22.2 Å². The third-order valence-electron chi connectivity index (χ3n) is 8.39. The zero-order chi connectivity index (χ0) is 33.5. The fraction of sp³-hybridized carbons (Fsp3) is 0.417. The standard InChI is InChI=1S/C34H45ClFN5O2S.C2H2/c1-26(23-29-11-7-5-4-6-10-18-39(29)2)38-32(24-27-14-16-28(35)17-15-27)34(42)41-21-19-40(20-22-41)33(25-37-44(3)43)30-12-8-9-13-31(30)36;1-2/h4-9,12-17,29,32-33,37-38H,1,10-11,18-25H2,2-3H3;1-2H/b6-4-,7-5-;. The van der Waals surface area contributed by atoms with Gasteiger partial charge in [-0.15, -0.1) is 12.8 Å². The number of nitrogens with zero attached hydrogens (tertiary/aromatic N) is 3. The van der Waals surface area contributed by atoms with Gasteiger partial charge in [0.1, 0.15) is 11.9 Å². The van der Waals surface area contributed by atoms with E-state index in [4.69, 9.17) is 11.6 Å². The van der Waals surface area contributed by atoms with Gasteiger partial charge < -0.3 is 15.1 Å². The lowest BCUT2D eigenvalue weighted by atomic mass is 10.0. The van der Waals surface area contributed by atoms with Crippen molar-refractivity contribution < 1.29 is 13.4 Å². The largest absolute Gasteiger partial charge is 0.377 e. The lowest BCUT2D eigenvalue weighted by molar-refractivity contribution is -0.135. The van der Waals surface area contributed by atoms with Gasteiger partial charge in [0.05, 0.1) is 17.0 Å². The smallest absolute Gasteiger partial charge is 0.245 e. The van der Waals surface area contributed by atoms with Gasteiger partial charge in [0.15, 0.2) is 0 Å². The number of hydrogen-bond donors (Lipinski definition) is 2. The number of piperazine rings is 1. The zero-order valence-corrected chi connectivity index (χ0v) is 28.5. The number of halogens is 2. The summed E-state index contributed by atoms with van der Waals surface area (Å²) in [6.45, 7) is 7.82. The van der Waals surface area contributed by atoms with Gasteiger partial charge in [0.25, 0.3) is 0 Å². The van der Waals surface area contributed by atoms with Crippen molar-refractivity contribution >= 4 is 28.5 Å². The summed E-state index contributed by atoms with van der Waals surface area (Å²) in [6.07, 6.45) is 21.3. The minimum atomic E-state index is -1.22. The quantitative estimate of drug-likeness (QED) is 0.308. The fourth-order valence-electron chi connectivity index (χ4n) is 5.87. The highest BCUT2D eigenvalue weighted by Gasteiger charge is 2.32. The van der Waals surface area contributed by atoms with E-state index >= 15 is 0 Å². The Labute approximate surface area is 282 Å². The zero-order valence-electron chi connectivity index (χ0n) is 26.9. The number of terminal acetylenes is 1. The number of carbonyl (C=O) groups excluding carboxylic acids is 1. The van der Waals surface area contributed by atoms with Crippen LogP contribution < -0.4 is 10.0 Å². The first-order valence-electron chi connectivity index (χ1n) is 15.6. The number of amides is 1. The van der Waals surface area contributed by atoms with Crippen molar-refractivity contribution in [1.82, 2.24) is 24.7 Å². The van der Waals surface area contributed by atoms with Crippen LogP contribution in [0.1, 0.15) is 36.4 Å². The van der Waals surface area contributed by atoms with E-state index in [2.05, 4.69) is 70.6 Å². The normalized spacial score (nSPS) is 20.8. The molecule has 46 heavy (non-hydrogen) atoms. The molecule has 2 aliphatic rings. The topological polar surface area (TPSA) is 67.9 Å². The Morgan fingerprint density at radius 3 is 2.41 bits per heavy atom. The molecule has 0 saturated carbocycles. The maximum absolute atomic E-state index is 14.8. The predicted octanol–water partition coefficient (Wildman–Crippen LogP) is 5.11. The van der Waals surface area contributed by atoms with Gasteiger partial charge >= 0.3 is 0 Å². The molecule has 0 radical (unpaired) electrons. The van der Waals surface area contributed by atoms with Crippen molar-refractivity contribution in [3.8, 4) is 12.8 Å².